The maximum absolute atomic E-state index is 5.49. The molecule has 2 nitrogen and oxygen atoms in total. The zero-order valence-electron chi connectivity index (χ0n) is 15.9. The van der Waals surface area contributed by atoms with Crippen LogP contribution in [0.3, 0.4) is 0 Å². The number of rotatable bonds is 4. The predicted octanol–water partition coefficient (Wildman–Crippen LogP) is 5.42. The Bertz CT molecular complexity index is 625. The Balaban J connectivity index is 0.00000288. The summed E-state index contributed by atoms with van der Waals surface area (Å²) >= 11 is 0. The van der Waals surface area contributed by atoms with Crippen LogP contribution in [-0.4, -0.2) is 7.11 Å². The molecule has 0 saturated heterocycles. The fraction of sp³-hybridized carbons (Fsp3) is 0.381. The standard InChI is InChI=1S/C21H27O2.Y/c1-13-9-17(10-14(2)19(13)22-7)21(5,6)18-11-15(3)20(23-8)16(4)12-18;/h9-12H,7H2,1-6,8H3;/q-1;. The van der Waals surface area contributed by atoms with Crippen LogP contribution in [-0.2, 0) is 38.1 Å². The van der Waals surface area contributed by atoms with Gasteiger partial charge in [-0.25, -0.2) is 0 Å². The number of hydrogen-bond acceptors (Lipinski definition) is 2. The molecule has 0 N–H and O–H groups in total. The molecule has 24 heavy (non-hydrogen) atoms. The van der Waals surface area contributed by atoms with E-state index in [2.05, 4.69) is 72.9 Å². The summed E-state index contributed by atoms with van der Waals surface area (Å²) in [5.74, 6) is 1.84. The van der Waals surface area contributed by atoms with Crippen molar-refractivity contribution in [2.75, 3.05) is 7.11 Å². The summed E-state index contributed by atoms with van der Waals surface area (Å²) in [5, 5.41) is 0. The molecule has 0 aromatic heterocycles. The SMILES string of the molecule is [CH2-]Oc1c(C)cc(C(C)(C)c2cc(C)c(OC)c(C)c2)cc1C.[Y]. The van der Waals surface area contributed by atoms with Crippen LogP contribution in [0, 0.1) is 34.8 Å². The van der Waals surface area contributed by atoms with Crippen molar-refractivity contribution in [3.63, 3.8) is 0 Å². The van der Waals surface area contributed by atoms with Crippen LogP contribution in [0.15, 0.2) is 24.3 Å². The smallest absolute Gasteiger partial charge is 0.124 e. The van der Waals surface area contributed by atoms with E-state index < -0.39 is 0 Å². The van der Waals surface area contributed by atoms with Gasteiger partial charge in [-0.1, -0.05) is 38.1 Å². The molecule has 1 radical (unpaired) electrons. The molecule has 0 unspecified atom stereocenters. The van der Waals surface area contributed by atoms with E-state index in [1.54, 1.807) is 7.11 Å². The first kappa shape index (κ1) is 21.2. The summed E-state index contributed by atoms with van der Waals surface area (Å²) in [4.78, 5) is 0. The number of hydrogen-bond donors (Lipinski definition) is 0. The Hall–Kier alpha value is -0.856. The van der Waals surface area contributed by atoms with Crippen molar-refractivity contribution in [3.8, 4) is 11.5 Å². The Kier molecular flexibility index (Phi) is 7.08. The molecule has 127 valence electrons. The van der Waals surface area contributed by atoms with Gasteiger partial charge in [-0.2, -0.15) is 7.11 Å². The summed E-state index contributed by atoms with van der Waals surface area (Å²) in [6.45, 7) is 12.8. The minimum absolute atomic E-state index is 0. The van der Waals surface area contributed by atoms with Crippen LogP contribution < -0.4 is 9.47 Å². The summed E-state index contributed by atoms with van der Waals surface area (Å²) in [7, 11) is 5.28. The average molecular weight is 400 g/mol. The maximum Gasteiger partial charge on any atom is 0.124 e. The van der Waals surface area contributed by atoms with E-state index >= 15 is 0 Å². The number of methoxy groups -OCH3 is 1. The molecular formula is C21H27O2Y-. The Labute approximate surface area is 171 Å². The second kappa shape index (κ2) is 8.02. The topological polar surface area (TPSA) is 18.5 Å². The molecule has 0 aliphatic rings. The van der Waals surface area contributed by atoms with Crippen LogP contribution in [0.1, 0.15) is 47.2 Å². The van der Waals surface area contributed by atoms with Gasteiger partial charge in [-0.05, 0) is 61.1 Å². The van der Waals surface area contributed by atoms with E-state index in [9.17, 15) is 0 Å². The first-order valence-corrected chi connectivity index (χ1v) is 7.91. The van der Waals surface area contributed by atoms with Crippen molar-refractivity contribution in [2.45, 2.75) is 47.0 Å². The van der Waals surface area contributed by atoms with E-state index in [4.69, 9.17) is 9.47 Å². The monoisotopic (exact) mass is 400 g/mol. The zero-order valence-corrected chi connectivity index (χ0v) is 18.7. The first-order chi connectivity index (χ1) is 10.7. The Morgan fingerprint density at radius 2 is 1.08 bits per heavy atom. The molecule has 2 aromatic carbocycles. The van der Waals surface area contributed by atoms with Crippen molar-refractivity contribution >= 4 is 0 Å². The molecule has 0 bridgehead atoms. The average Bonchev–Trinajstić information content (AvgIpc) is 2.46. The Morgan fingerprint density at radius 3 is 1.38 bits per heavy atom. The molecule has 0 aliphatic heterocycles. The second-order valence-electron chi connectivity index (χ2n) is 6.85. The third-order valence-corrected chi connectivity index (χ3v) is 4.71. The third-order valence-electron chi connectivity index (χ3n) is 4.71. The zero-order chi connectivity index (χ0) is 17.4. The van der Waals surface area contributed by atoms with Gasteiger partial charge in [0.2, 0.25) is 0 Å². The number of aryl methyl sites for hydroxylation is 4. The van der Waals surface area contributed by atoms with E-state index in [-0.39, 0.29) is 38.1 Å². The quantitative estimate of drug-likeness (QED) is 0.638. The van der Waals surface area contributed by atoms with Crippen molar-refractivity contribution < 1.29 is 42.2 Å². The van der Waals surface area contributed by atoms with Gasteiger partial charge < -0.3 is 9.47 Å². The third kappa shape index (κ3) is 3.86. The fourth-order valence-electron chi connectivity index (χ4n) is 3.34. The van der Waals surface area contributed by atoms with Crippen LogP contribution in [0.25, 0.3) is 0 Å². The summed E-state index contributed by atoms with van der Waals surface area (Å²) < 4.78 is 10.7. The van der Waals surface area contributed by atoms with Crippen molar-refractivity contribution in [3.05, 3.63) is 64.8 Å². The van der Waals surface area contributed by atoms with Crippen molar-refractivity contribution in [1.82, 2.24) is 0 Å². The molecule has 0 amide bonds. The van der Waals surface area contributed by atoms with Gasteiger partial charge in [-0.3, -0.25) is 0 Å². The number of ether oxygens (including phenoxy) is 2. The number of benzene rings is 2. The van der Waals surface area contributed by atoms with Crippen molar-refractivity contribution in [1.29, 1.82) is 0 Å². The van der Waals surface area contributed by atoms with Gasteiger partial charge >= 0.3 is 0 Å². The van der Waals surface area contributed by atoms with Crippen LogP contribution in [0.2, 0.25) is 0 Å². The molecule has 2 rings (SSSR count). The van der Waals surface area contributed by atoms with Gasteiger partial charge in [0.1, 0.15) is 5.75 Å². The minimum atomic E-state index is -0.100. The Morgan fingerprint density at radius 1 is 0.750 bits per heavy atom. The van der Waals surface area contributed by atoms with Gasteiger partial charge in [-0.15, -0.1) is 0 Å². The minimum Gasteiger partial charge on any atom is -0.665 e. The molecular weight excluding hydrogens is 373 g/mol. The molecule has 2 aromatic rings. The summed E-state index contributed by atoms with van der Waals surface area (Å²) in [6, 6.07) is 8.84. The van der Waals surface area contributed by atoms with E-state index in [0.29, 0.717) is 0 Å². The van der Waals surface area contributed by atoms with Crippen LogP contribution in [0.5, 0.6) is 11.5 Å². The molecule has 0 aliphatic carbocycles. The normalized spacial score (nSPS) is 11.0. The predicted molar refractivity (Wildman–Crippen MR) is 96.5 cm³/mol. The van der Waals surface area contributed by atoms with Gasteiger partial charge in [0.05, 0.1) is 12.9 Å². The second-order valence-corrected chi connectivity index (χ2v) is 6.85. The van der Waals surface area contributed by atoms with Gasteiger partial charge in [0.15, 0.2) is 0 Å². The molecule has 0 spiro atoms. The molecule has 0 saturated carbocycles. The van der Waals surface area contributed by atoms with Gasteiger partial charge in [0, 0.05) is 38.1 Å². The van der Waals surface area contributed by atoms with Crippen LogP contribution >= 0.6 is 0 Å². The molecule has 0 heterocycles. The largest absolute Gasteiger partial charge is 0.665 e. The van der Waals surface area contributed by atoms with Crippen molar-refractivity contribution in [2.24, 2.45) is 0 Å². The maximum atomic E-state index is 5.49. The van der Waals surface area contributed by atoms with Gasteiger partial charge in [0.25, 0.3) is 0 Å². The van der Waals surface area contributed by atoms with Crippen LogP contribution in [0.4, 0.5) is 0 Å². The van der Waals surface area contributed by atoms with E-state index in [1.807, 2.05) is 0 Å². The first-order valence-electron chi connectivity index (χ1n) is 7.91. The molecule has 0 atom stereocenters. The van der Waals surface area contributed by atoms with E-state index in [1.165, 1.54) is 22.3 Å². The molecule has 0 fully saturated rings. The summed E-state index contributed by atoms with van der Waals surface area (Å²) in [5.41, 5.74) is 7.03. The van der Waals surface area contributed by atoms with E-state index in [0.717, 1.165) is 22.6 Å². The summed E-state index contributed by atoms with van der Waals surface area (Å²) in [6.07, 6.45) is 0. The fourth-order valence-corrected chi connectivity index (χ4v) is 3.34. The molecule has 3 heteroatoms.